The Hall–Kier alpha value is -2.46. The van der Waals surface area contributed by atoms with Crippen LogP contribution in [0.2, 0.25) is 10.0 Å². The molecular weight excluding hydrogens is 405 g/mol. The second-order valence-electron chi connectivity index (χ2n) is 5.51. The standard InChI is InChI=1S/C19H13Cl2N3O2S/c1-11-15(10-22)19(25)24(12-3-5-13(26-2)6-4-12)23-18(11)27-14-7-8-16(20)17(21)9-14/h3-9H,1-2H3. The van der Waals surface area contributed by atoms with E-state index in [2.05, 4.69) is 5.10 Å². The Morgan fingerprint density at radius 3 is 2.44 bits per heavy atom. The molecule has 0 bridgehead atoms. The number of ether oxygens (including phenoxy) is 1. The predicted octanol–water partition coefficient (Wildman–Crippen LogP) is 4.88. The minimum absolute atomic E-state index is 0.0448. The number of nitriles is 1. The largest absolute Gasteiger partial charge is 0.497 e. The SMILES string of the molecule is COc1ccc(-n2nc(Sc3ccc(Cl)c(Cl)c3)c(C)c(C#N)c2=O)cc1. The Labute approximate surface area is 170 Å². The summed E-state index contributed by atoms with van der Waals surface area (Å²) < 4.78 is 6.35. The third kappa shape index (κ3) is 3.96. The molecule has 5 nitrogen and oxygen atoms in total. The number of methoxy groups -OCH3 is 1. The van der Waals surface area contributed by atoms with Crippen molar-refractivity contribution in [3.8, 4) is 17.5 Å². The molecule has 1 heterocycles. The van der Waals surface area contributed by atoms with E-state index in [9.17, 15) is 10.1 Å². The van der Waals surface area contributed by atoms with Crippen molar-refractivity contribution in [3.63, 3.8) is 0 Å². The topological polar surface area (TPSA) is 67.9 Å². The lowest BCUT2D eigenvalue weighted by Crippen LogP contribution is -2.25. The first-order valence-electron chi connectivity index (χ1n) is 7.76. The van der Waals surface area contributed by atoms with E-state index in [-0.39, 0.29) is 5.56 Å². The highest BCUT2D eigenvalue weighted by Gasteiger charge is 2.16. The molecule has 0 saturated carbocycles. The number of hydrogen-bond donors (Lipinski definition) is 0. The maximum atomic E-state index is 12.7. The van der Waals surface area contributed by atoms with Crippen LogP contribution >= 0.6 is 35.0 Å². The lowest BCUT2D eigenvalue weighted by molar-refractivity contribution is 0.414. The first-order chi connectivity index (χ1) is 12.9. The summed E-state index contributed by atoms with van der Waals surface area (Å²) in [4.78, 5) is 13.5. The van der Waals surface area contributed by atoms with Gasteiger partial charge in [-0.05, 0) is 49.4 Å². The Bertz CT molecular complexity index is 1110. The Balaban J connectivity index is 2.12. The number of hydrogen-bond acceptors (Lipinski definition) is 5. The van der Waals surface area contributed by atoms with Gasteiger partial charge in [0.1, 0.15) is 22.4 Å². The van der Waals surface area contributed by atoms with Crippen LogP contribution in [0.25, 0.3) is 5.69 Å². The average molecular weight is 418 g/mol. The van der Waals surface area contributed by atoms with Crippen LogP contribution in [0, 0.1) is 18.3 Å². The monoisotopic (exact) mass is 417 g/mol. The van der Waals surface area contributed by atoms with E-state index in [1.165, 1.54) is 16.4 Å². The minimum atomic E-state index is -0.473. The maximum Gasteiger partial charge on any atom is 0.289 e. The zero-order valence-electron chi connectivity index (χ0n) is 14.4. The van der Waals surface area contributed by atoms with E-state index in [4.69, 9.17) is 27.9 Å². The quantitative estimate of drug-likeness (QED) is 0.604. The van der Waals surface area contributed by atoms with Gasteiger partial charge in [0, 0.05) is 10.5 Å². The van der Waals surface area contributed by atoms with E-state index >= 15 is 0 Å². The highest BCUT2D eigenvalue weighted by atomic mass is 35.5. The minimum Gasteiger partial charge on any atom is -0.497 e. The molecule has 3 aromatic rings. The van der Waals surface area contributed by atoms with Gasteiger partial charge >= 0.3 is 0 Å². The molecule has 0 aliphatic rings. The fraction of sp³-hybridized carbons (Fsp3) is 0.105. The van der Waals surface area contributed by atoms with Gasteiger partial charge in [0.2, 0.25) is 0 Å². The summed E-state index contributed by atoms with van der Waals surface area (Å²) in [5.41, 5.74) is 0.624. The van der Waals surface area contributed by atoms with Crippen molar-refractivity contribution in [1.82, 2.24) is 9.78 Å². The molecule has 0 radical (unpaired) electrons. The first kappa shape index (κ1) is 19.3. The fourth-order valence-electron chi connectivity index (χ4n) is 2.36. The molecule has 0 spiro atoms. The van der Waals surface area contributed by atoms with Crippen molar-refractivity contribution in [2.75, 3.05) is 7.11 Å². The van der Waals surface area contributed by atoms with Crippen molar-refractivity contribution in [1.29, 1.82) is 5.26 Å². The molecule has 0 unspecified atom stereocenters. The van der Waals surface area contributed by atoms with Crippen LogP contribution in [0.3, 0.4) is 0 Å². The molecule has 0 saturated heterocycles. The summed E-state index contributed by atoms with van der Waals surface area (Å²) in [5.74, 6) is 0.657. The third-order valence-corrected chi connectivity index (χ3v) is 5.64. The molecule has 136 valence electrons. The van der Waals surface area contributed by atoms with E-state index in [0.29, 0.717) is 32.1 Å². The summed E-state index contributed by atoms with van der Waals surface area (Å²) in [6, 6.07) is 14.0. The number of rotatable bonds is 4. The molecule has 2 aromatic carbocycles. The predicted molar refractivity (Wildman–Crippen MR) is 106 cm³/mol. The normalized spacial score (nSPS) is 10.5. The van der Waals surface area contributed by atoms with Gasteiger partial charge in [-0.3, -0.25) is 4.79 Å². The van der Waals surface area contributed by atoms with Crippen LogP contribution in [0.1, 0.15) is 11.1 Å². The van der Waals surface area contributed by atoms with Crippen molar-refractivity contribution in [2.45, 2.75) is 16.8 Å². The van der Waals surface area contributed by atoms with Crippen molar-refractivity contribution in [3.05, 3.63) is 74.0 Å². The van der Waals surface area contributed by atoms with Gasteiger partial charge in [-0.15, -0.1) is 0 Å². The third-order valence-electron chi connectivity index (χ3n) is 3.83. The number of nitrogens with zero attached hydrogens (tertiary/aromatic N) is 3. The second-order valence-corrected chi connectivity index (χ2v) is 7.39. The smallest absolute Gasteiger partial charge is 0.289 e. The molecule has 0 N–H and O–H groups in total. The van der Waals surface area contributed by atoms with Crippen LogP contribution in [0.4, 0.5) is 0 Å². The molecular formula is C19H13Cl2N3O2S. The van der Waals surface area contributed by atoms with Crippen LogP contribution < -0.4 is 10.3 Å². The molecule has 0 aliphatic heterocycles. The molecule has 0 amide bonds. The van der Waals surface area contributed by atoms with E-state index in [0.717, 1.165) is 4.90 Å². The van der Waals surface area contributed by atoms with Crippen LogP contribution in [0.15, 0.2) is 57.2 Å². The lowest BCUT2D eigenvalue weighted by Gasteiger charge is -2.12. The maximum absolute atomic E-state index is 12.7. The van der Waals surface area contributed by atoms with Gasteiger partial charge in [0.15, 0.2) is 0 Å². The number of aromatic nitrogens is 2. The lowest BCUT2D eigenvalue weighted by atomic mass is 10.2. The van der Waals surface area contributed by atoms with E-state index in [1.54, 1.807) is 56.5 Å². The summed E-state index contributed by atoms with van der Waals surface area (Å²) in [6.45, 7) is 1.70. The molecule has 1 aromatic heterocycles. The van der Waals surface area contributed by atoms with Crippen LogP contribution in [-0.4, -0.2) is 16.9 Å². The fourth-order valence-corrected chi connectivity index (χ4v) is 3.64. The van der Waals surface area contributed by atoms with Gasteiger partial charge in [-0.1, -0.05) is 35.0 Å². The summed E-state index contributed by atoms with van der Waals surface area (Å²) in [5, 5.41) is 15.3. The zero-order valence-corrected chi connectivity index (χ0v) is 16.7. The highest BCUT2D eigenvalue weighted by molar-refractivity contribution is 7.99. The van der Waals surface area contributed by atoms with Gasteiger partial charge < -0.3 is 4.74 Å². The Morgan fingerprint density at radius 1 is 1.15 bits per heavy atom. The average Bonchev–Trinajstić information content (AvgIpc) is 2.67. The number of halogens is 2. The summed E-state index contributed by atoms with van der Waals surface area (Å²) in [7, 11) is 1.56. The van der Waals surface area contributed by atoms with Crippen LogP contribution in [-0.2, 0) is 0 Å². The first-order valence-corrected chi connectivity index (χ1v) is 9.33. The van der Waals surface area contributed by atoms with Gasteiger partial charge in [-0.25, -0.2) is 0 Å². The van der Waals surface area contributed by atoms with Crippen molar-refractivity contribution >= 4 is 35.0 Å². The molecule has 27 heavy (non-hydrogen) atoms. The molecule has 0 aliphatic carbocycles. The van der Waals surface area contributed by atoms with Crippen molar-refractivity contribution in [2.24, 2.45) is 0 Å². The number of benzene rings is 2. The van der Waals surface area contributed by atoms with Gasteiger partial charge in [0.05, 0.1) is 22.8 Å². The van der Waals surface area contributed by atoms with Gasteiger partial charge in [0.25, 0.3) is 5.56 Å². The second kappa shape index (κ2) is 8.05. The molecule has 0 atom stereocenters. The molecule has 3 rings (SSSR count). The highest BCUT2D eigenvalue weighted by Crippen LogP contribution is 2.33. The van der Waals surface area contributed by atoms with E-state index < -0.39 is 5.56 Å². The van der Waals surface area contributed by atoms with Crippen LogP contribution in [0.5, 0.6) is 5.75 Å². The molecule has 0 fully saturated rings. The Kier molecular flexibility index (Phi) is 5.76. The Morgan fingerprint density at radius 2 is 1.85 bits per heavy atom. The molecule has 8 heteroatoms. The van der Waals surface area contributed by atoms with Crippen molar-refractivity contribution < 1.29 is 4.74 Å². The zero-order chi connectivity index (χ0) is 19.6. The summed E-state index contributed by atoms with van der Waals surface area (Å²) >= 11 is 13.3. The van der Waals surface area contributed by atoms with E-state index in [1.807, 2.05) is 6.07 Å². The van der Waals surface area contributed by atoms with Gasteiger partial charge in [-0.2, -0.15) is 15.0 Å². The summed E-state index contributed by atoms with van der Waals surface area (Å²) in [6.07, 6.45) is 0.